The number of rotatable bonds is 5. The first-order chi connectivity index (χ1) is 11.0. The molecule has 0 saturated carbocycles. The lowest BCUT2D eigenvalue weighted by Crippen LogP contribution is -2.30. The first-order valence-corrected chi connectivity index (χ1v) is 6.91. The van der Waals surface area contributed by atoms with Crippen LogP contribution in [0.25, 0.3) is 0 Å². The van der Waals surface area contributed by atoms with E-state index in [1.165, 1.54) is 37.4 Å². The summed E-state index contributed by atoms with van der Waals surface area (Å²) in [6, 6.07) is 12.0. The van der Waals surface area contributed by atoms with Crippen molar-refractivity contribution in [3.63, 3.8) is 0 Å². The molecule has 0 bridgehead atoms. The Balaban J connectivity index is 1.98. The SMILES string of the molecule is COC(=O)c1ccc(OC(C)C(=O)Nc2ccccc2F)cc1. The Morgan fingerprint density at radius 3 is 2.35 bits per heavy atom. The summed E-state index contributed by atoms with van der Waals surface area (Å²) in [6.45, 7) is 1.55. The summed E-state index contributed by atoms with van der Waals surface area (Å²) in [5.74, 6) is -1.04. The fourth-order valence-corrected chi connectivity index (χ4v) is 1.84. The molecule has 2 rings (SSSR count). The Kier molecular flexibility index (Phi) is 5.30. The Bertz CT molecular complexity index is 700. The number of hydrogen-bond donors (Lipinski definition) is 1. The van der Waals surface area contributed by atoms with Crippen molar-refractivity contribution < 1.29 is 23.5 Å². The first-order valence-electron chi connectivity index (χ1n) is 6.91. The summed E-state index contributed by atoms with van der Waals surface area (Å²) in [5, 5.41) is 2.46. The van der Waals surface area contributed by atoms with Gasteiger partial charge in [-0.3, -0.25) is 4.79 Å². The lowest BCUT2D eigenvalue weighted by Gasteiger charge is -2.15. The van der Waals surface area contributed by atoms with Crippen LogP contribution in [0.5, 0.6) is 5.75 Å². The van der Waals surface area contributed by atoms with Gasteiger partial charge in [-0.1, -0.05) is 12.1 Å². The molecule has 2 aromatic rings. The molecule has 6 heteroatoms. The molecule has 1 amide bonds. The van der Waals surface area contributed by atoms with E-state index in [0.717, 1.165) is 0 Å². The van der Waals surface area contributed by atoms with Crippen molar-refractivity contribution in [1.82, 2.24) is 0 Å². The van der Waals surface area contributed by atoms with Crippen LogP contribution < -0.4 is 10.1 Å². The maximum Gasteiger partial charge on any atom is 0.337 e. The molecule has 0 radical (unpaired) electrons. The third kappa shape index (κ3) is 4.29. The molecule has 1 N–H and O–H groups in total. The monoisotopic (exact) mass is 317 g/mol. The van der Waals surface area contributed by atoms with Gasteiger partial charge in [0.15, 0.2) is 6.10 Å². The minimum Gasteiger partial charge on any atom is -0.481 e. The van der Waals surface area contributed by atoms with Crippen LogP contribution in [0.4, 0.5) is 10.1 Å². The number of carbonyl (C=O) groups is 2. The predicted molar refractivity (Wildman–Crippen MR) is 82.9 cm³/mol. The van der Waals surface area contributed by atoms with Gasteiger partial charge in [0.05, 0.1) is 18.4 Å². The highest BCUT2D eigenvalue weighted by Crippen LogP contribution is 2.16. The Labute approximate surface area is 133 Å². The van der Waals surface area contributed by atoms with Crippen molar-refractivity contribution >= 4 is 17.6 Å². The predicted octanol–water partition coefficient (Wildman–Crippen LogP) is 3.02. The number of hydrogen-bond acceptors (Lipinski definition) is 4. The maximum absolute atomic E-state index is 13.5. The lowest BCUT2D eigenvalue weighted by molar-refractivity contribution is -0.122. The molecule has 2 aromatic carbocycles. The number of anilines is 1. The van der Waals surface area contributed by atoms with E-state index in [1.54, 1.807) is 25.1 Å². The number of nitrogens with one attached hydrogen (secondary N) is 1. The molecule has 0 aromatic heterocycles. The number of methoxy groups -OCH3 is 1. The fraction of sp³-hybridized carbons (Fsp3) is 0.176. The van der Waals surface area contributed by atoms with E-state index >= 15 is 0 Å². The van der Waals surface area contributed by atoms with Crippen LogP contribution in [0.2, 0.25) is 0 Å². The Hall–Kier alpha value is -2.89. The zero-order chi connectivity index (χ0) is 16.8. The normalized spacial score (nSPS) is 11.4. The number of carbonyl (C=O) groups excluding carboxylic acids is 2. The summed E-state index contributed by atoms with van der Waals surface area (Å²) < 4.78 is 23.6. The average Bonchev–Trinajstić information content (AvgIpc) is 2.56. The van der Waals surface area contributed by atoms with E-state index in [0.29, 0.717) is 11.3 Å². The number of halogens is 1. The van der Waals surface area contributed by atoms with E-state index in [-0.39, 0.29) is 5.69 Å². The van der Waals surface area contributed by atoms with Crippen LogP contribution in [0.1, 0.15) is 17.3 Å². The second-order valence-corrected chi connectivity index (χ2v) is 4.75. The largest absolute Gasteiger partial charge is 0.481 e. The molecule has 5 nitrogen and oxygen atoms in total. The van der Waals surface area contributed by atoms with Gasteiger partial charge in [-0.2, -0.15) is 0 Å². The number of esters is 1. The minimum absolute atomic E-state index is 0.0917. The fourth-order valence-electron chi connectivity index (χ4n) is 1.84. The maximum atomic E-state index is 13.5. The van der Waals surface area contributed by atoms with Crippen molar-refractivity contribution in [2.24, 2.45) is 0 Å². The number of amides is 1. The molecule has 0 fully saturated rings. The minimum atomic E-state index is -0.835. The van der Waals surface area contributed by atoms with Crippen molar-refractivity contribution in [3.05, 3.63) is 59.9 Å². The lowest BCUT2D eigenvalue weighted by atomic mass is 10.2. The molecule has 0 heterocycles. The van der Waals surface area contributed by atoms with E-state index < -0.39 is 23.8 Å². The van der Waals surface area contributed by atoms with Crippen LogP contribution in [-0.2, 0) is 9.53 Å². The van der Waals surface area contributed by atoms with Crippen LogP contribution in [-0.4, -0.2) is 25.1 Å². The summed E-state index contributed by atoms with van der Waals surface area (Å²) in [7, 11) is 1.29. The quantitative estimate of drug-likeness (QED) is 0.861. The Morgan fingerprint density at radius 1 is 1.09 bits per heavy atom. The van der Waals surface area contributed by atoms with Crippen molar-refractivity contribution in [1.29, 1.82) is 0 Å². The molecular formula is C17H16FNO4. The van der Waals surface area contributed by atoms with E-state index in [4.69, 9.17) is 4.74 Å². The third-order valence-electron chi connectivity index (χ3n) is 3.09. The van der Waals surface area contributed by atoms with Gasteiger partial charge in [0.2, 0.25) is 0 Å². The molecule has 1 atom stereocenters. The van der Waals surface area contributed by atoms with Crippen molar-refractivity contribution in [2.45, 2.75) is 13.0 Å². The van der Waals surface area contributed by atoms with Gasteiger partial charge in [-0.05, 0) is 43.3 Å². The van der Waals surface area contributed by atoms with Gasteiger partial charge in [-0.25, -0.2) is 9.18 Å². The molecule has 0 aliphatic carbocycles. The van der Waals surface area contributed by atoms with E-state index in [1.807, 2.05) is 0 Å². The molecule has 1 unspecified atom stereocenters. The van der Waals surface area contributed by atoms with Crippen LogP contribution in [0.3, 0.4) is 0 Å². The highest BCUT2D eigenvalue weighted by Gasteiger charge is 2.16. The molecule has 0 aliphatic heterocycles. The molecule has 23 heavy (non-hydrogen) atoms. The summed E-state index contributed by atoms with van der Waals surface area (Å²) in [6.07, 6.45) is -0.835. The van der Waals surface area contributed by atoms with Crippen molar-refractivity contribution in [3.8, 4) is 5.75 Å². The van der Waals surface area contributed by atoms with Crippen LogP contribution in [0.15, 0.2) is 48.5 Å². The second-order valence-electron chi connectivity index (χ2n) is 4.75. The molecule has 0 spiro atoms. The average molecular weight is 317 g/mol. The van der Waals surface area contributed by atoms with Crippen LogP contribution >= 0.6 is 0 Å². The zero-order valence-corrected chi connectivity index (χ0v) is 12.7. The molecule has 0 aliphatic rings. The van der Waals surface area contributed by atoms with Gasteiger partial charge >= 0.3 is 5.97 Å². The second kappa shape index (κ2) is 7.40. The van der Waals surface area contributed by atoms with Crippen LogP contribution in [0, 0.1) is 5.82 Å². The smallest absolute Gasteiger partial charge is 0.337 e. The Morgan fingerprint density at radius 2 is 1.74 bits per heavy atom. The van der Waals surface area contributed by atoms with Gasteiger partial charge in [0.25, 0.3) is 5.91 Å². The van der Waals surface area contributed by atoms with Gasteiger partial charge in [-0.15, -0.1) is 0 Å². The summed E-state index contributed by atoms with van der Waals surface area (Å²) in [4.78, 5) is 23.3. The van der Waals surface area contributed by atoms with Gasteiger partial charge in [0.1, 0.15) is 11.6 Å². The standard InChI is InChI=1S/C17H16FNO4/c1-11(16(20)19-15-6-4-3-5-14(15)18)23-13-9-7-12(8-10-13)17(21)22-2/h3-11H,1-2H3,(H,19,20). The molecular weight excluding hydrogens is 301 g/mol. The third-order valence-corrected chi connectivity index (χ3v) is 3.09. The number of ether oxygens (including phenoxy) is 2. The van der Waals surface area contributed by atoms with Gasteiger partial charge in [0, 0.05) is 0 Å². The summed E-state index contributed by atoms with van der Waals surface area (Å²) in [5.41, 5.74) is 0.470. The first kappa shape index (κ1) is 16.5. The number of benzene rings is 2. The van der Waals surface area contributed by atoms with Gasteiger partial charge < -0.3 is 14.8 Å². The molecule has 120 valence electrons. The zero-order valence-electron chi connectivity index (χ0n) is 12.7. The summed E-state index contributed by atoms with van der Waals surface area (Å²) >= 11 is 0. The van der Waals surface area contributed by atoms with E-state index in [2.05, 4.69) is 10.1 Å². The highest BCUT2D eigenvalue weighted by molar-refractivity contribution is 5.94. The number of para-hydroxylation sites is 1. The van der Waals surface area contributed by atoms with Crippen molar-refractivity contribution in [2.75, 3.05) is 12.4 Å². The van der Waals surface area contributed by atoms with E-state index in [9.17, 15) is 14.0 Å². The topological polar surface area (TPSA) is 64.6 Å². The highest BCUT2D eigenvalue weighted by atomic mass is 19.1. The molecule has 0 saturated heterocycles.